The van der Waals surface area contributed by atoms with Gasteiger partial charge in [0.2, 0.25) is 35.3 Å². The number of thioether (sulfide) groups is 2. The Hall–Kier alpha value is -5.62. The van der Waals surface area contributed by atoms with E-state index in [1.807, 2.05) is 64.1 Å². The fourth-order valence-electron chi connectivity index (χ4n) is 13.5. The van der Waals surface area contributed by atoms with Crippen molar-refractivity contribution >= 4 is 71.2 Å². The fraction of sp³-hybridized carbons (Fsp3) is 0.701. The van der Waals surface area contributed by atoms with Gasteiger partial charge in [0.25, 0.3) is 5.91 Å². The number of carbonyl (C=O) groups is 8. The monoisotopic (exact) mass is 1290 g/mol. The van der Waals surface area contributed by atoms with Crippen molar-refractivity contribution < 1.29 is 62.4 Å². The normalized spacial score (nSPS) is 27.0. The van der Waals surface area contributed by atoms with E-state index in [1.165, 1.54) is 35.7 Å². The van der Waals surface area contributed by atoms with Gasteiger partial charge in [-0.15, -0.1) is 23.5 Å². The maximum Gasteiger partial charge on any atom is 0.410 e. The summed E-state index contributed by atoms with van der Waals surface area (Å²) in [6.45, 7) is 20.6. The van der Waals surface area contributed by atoms with E-state index in [0.29, 0.717) is 56.8 Å². The summed E-state index contributed by atoms with van der Waals surface area (Å²) in [4.78, 5) is 116. The summed E-state index contributed by atoms with van der Waals surface area (Å²) in [5.74, 6) is -1.92. The summed E-state index contributed by atoms with van der Waals surface area (Å²) in [5.41, 5.74) is -0.873. The molecule has 6 aliphatic rings. The molecule has 2 aliphatic carbocycles. The second-order valence-corrected chi connectivity index (χ2v) is 31.4. The van der Waals surface area contributed by atoms with E-state index in [9.17, 15) is 43.5 Å². The van der Waals surface area contributed by atoms with Crippen molar-refractivity contribution in [2.45, 2.75) is 242 Å². The number of ether oxygens (including phenoxy) is 4. The number of amides is 8. The highest BCUT2D eigenvalue weighted by atomic mass is 32.2. The molecule has 0 spiro atoms. The SMILES string of the molecule is C[C@@H](C(=O)N[C@H]1CCS[C@H]2CC(C)(C)[C@@H](C(=O)N[C@H]3c4ccccc4C[C@H]3OCCCCCCCCCCO[C@@H]3Cc4ccccc4[C@@H]3NC(=O)[C@H]3N4C(=O)[C@@](O)(NC(=O)CN(C)C(=O)OC(C)(C)C)CCS[C@H]4CC3(C)C)N2C1=O)N(C)C(=O)OC(C)(C)C. The van der Waals surface area contributed by atoms with Crippen LogP contribution < -0.4 is 21.3 Å². The third-order valence-electron chi connectivity index (χ3n) is 18.2. The molecule has 11 atom stereocenters. The smallest absolute Gasteiger partial charge is 0.410 e. The second-order valence-electron chi connectivity index (χ2n) is 28.8. The lowest BCUT2D eigenvalue weighted by molar-refractivity contribution is -0.163. The van der Waals surface area contributed by atoms with E-state index in [4.69, 9.17) is 18.9 Å². The minimum atomic E-state index is -2.30. The van der Waals surface area contributed by atoms with Gasteiger partial charge in [-0.3, -0.25) is 33.7 Å². The Bertz CT molecular complexity index is 2930. The molecule has 21 nitrogen and oxygen atoms in total. The molecule has 0 radical (unpaired) electrons. The molecule has 8 rings (SSSR count). The van der Waals surface area contributed by atoms with E-state index >= 15 is 0 Å². The number of aliphatic hydroxyl groups is 1. The molecule has 23 heteroatoms. The Morgan fingerprint density at radius 3 is 1.62 bits per heavy atom. The number of unbranched alkanes of at least 4 members (excludes halogenated alkanes) is 7. The van der Waals surface area contributed by atoms with E-state index in [1.54, 1.807) is 65.1 Å². The third-order valence-corrected chi connectivity index (χ3v) is 20.7. The van der Waals surface area contributed by atoms with Crippen LogP contribution in [0.2, 0.25) is 0 Å². The molecule has 0 aromatic heterocycles. The van der Waals surface area contributed by atoms with Gasteiger partial charge in [-0.25, -0.2) is 9.59 Å². The molecule has 0 unspecified atom stereocenters. The highest BCUT2D eigenvalue weighted by Gasteiger charge is 2.59. The maximum atomic E-state index is 14.7. The number of likely N-dealkylation sites (N-methyl/N-ethyl adjacent to an activating group) is 2. The first-order valence-corrected chi connectivity index (χ1v) is 34.5. The number of nitrogens with one attached hydrogen (secondary N) is 4. The van der Waals surface area contributed by atoms with Crippen LogP contribution in [0, 0.1) is 10.8 Å². The number of nitrogens with zero attached hydrogens (tertiary/aromatic N) is 4. The van der Waals surface area contributed by atoms with Crippen LogP contribution >= 0.6 is 23.5 Å². The largest absolute Gasteiger partial charge is 0.444 e. The Labute approximate surface area is 541 Å². The van der Waals surface area contributed by atoms with Crippen LogP contribution in [0.3, 0.4) is 0 Å². The van der Waals surface area contributed by atoms with Gasteiger partial charge in [-0.2, -0.15) is 0 Å². The first-order chi connectivity index (χ1) is 42.3. The van der Waals surface area contributed by atoms with Gasteiger partial charge < -0.3 is 60.0 Å². The maximum absolute atomic E-state index is 14.7. The summed E-state index contributed by atoms with van der Waals surface area (Å²) in [7, 11) is 2.90. The lowest BCUT2D eigenvalue weighted by atomic mass is 9.83. The Balaban J connectivity index is 0.771. The minimum absolute atomic E-state index is 0.0764. The molecule has 498 valence electrons. The lowest BCUT2D eigenvalue weighted by Crippen LogP contribution is -2.64. The van der Waals surface area contributed by atoms with Gasteiger partial charge in [-0.05, 0) is 119 Å². The van der Waals surface area contributed by atoms with Crippen LogP contribution in [-0.2, 0) is 60.6 Å². The number of benzene rings is 2. The molecule has 5 N–H and O–H groups in total. The lowest BCUT2D eigenvalue weighted by Gasteiger charge is -2.37. The molecule has 4 fully saturated rings. The second kappa shape index (κ2) is 29.1. The van der Waals surface area contributed by atoms with Crippen molar-refractivity contribution in [3.63, 3.8) is 0 Å². The first kappa shape index (κ1) is 70.3. The standard InChI is InChI=1S/C67H100N8O13S2/c1-41(73(13)62(83)88-64(5,6)7)56(77)68-46-30-34-89-50-38-65(8,9)54(74(50)59(46)80)57(78)69-52-44-28-22-20-26-42(44)36-47(52)85-32-24-18-16-14-15-17-19-25-33-86-48-37-43-27-21-23-29-45(43)53(48)70-58(79)55-66(10,11)39-51-75(55)60(81)67(84,31-35-90-51)71-49(76)40-72(12)61(82)87-63(2,3)4/h20-23,26-29,41,46-48,50-55,84H,14-19,24-25,30-40H2,1-13H3,(H,68,77)(H,69,78)(H,70,79)(H,71,76)/t41-,46-,47+,48+,50-,51-,52-,53-,54+,55+,67+/m0/s1. The highest BCUT2D eigenvalue weighted by Crippen LogP contribution is 2.49. The van der Waals surface area contributed by atoms with Crippen LogP contribution in [0.1, 0.15) is 188 Å². The minimum Gasteiger partial charge on any atom is -0.444 e. The predicted molar refractivity (Wildman–Crippen MR) is 346 cm³/mol. The number of rotatable bonds is 23. The van der Waals surface area contributed by atoms with Crippen molar-refractivity contribution in [1.29, 1.82) is 0 Å². The van der Waals surface area contributed by atoms with Crippen molar-refractivity contribution in [3.05, 3.63) is 70.8 Å². The molecular formula is C67H100N8O13S2. The Morgan fingerprint density at radius 2 is 1.11 bits per heavy atom. The van der Waals surface area contributed by atoms with E-state index in [-0.39, 0.29) is 41.7 Å². The highest BCUT2D eigenvalue weighted by molar-refractivity contribution is 8.00. The van der Waals surface area contributed by atoms with Gasteiger partial charge >= 0.3 is 12.2 Å². The zero-order chi connectivity index (χ0) is 65.7. The molecule has 2 aromatic rings. The molecule has 90 heavy (non-hydrogen) atoms. The Kier molecular flexibility index (Phi) is 22.7. The molecule has 4 saturated heterocycles. The quantitative estimate of drug-likeness (QED) is 0.0518. The van der Waals surface area contributed by atoms with Crippen LogP contribution in [0.25, 0.3) is 0 Å². The van der Waals surface area contributed by atoms with Gasteiger partial charge in [0.15, 0.2) is 0 Å². The number of fused-ring (bicyclic) bond motifs is 4. The number of hydrogen-bond donors (Lipinski definition) is 5. The average molecular weight is 1290 g/mol. The van der Waals surface area contributed by atoms with Crippen molar-refractivity contribution in [2.24, 2.45) is 10.8 Å². The van der Waals surface area contributed by atoms with Crippen LogP contribution in [0.5, 0.6) is 0 Å². The molecular weight excluding hydrogens is 1190 g/mol. The molecule has 0 bridgehead atoms. The number of hydrogen-bond acceptors (Lipinski definition) is 15. The molecule has 8 amide bonds. The molecule has 4 heterocycles. The van der Waals surface area contributed by atoms with Gasteiger partial charge in [0.05, 0.1) is 35.0 Å². The zero-order valence-corrected chi connectivity index (χ0v) is 56.9. The summed E-state index contributed by atoms with van der Waals surface area (Å²) in [6, 6.07) is 11.7. The summed E-state index contributed by atoms with van der Waals surface area (Å²) < 4.78 is 24.0. The molecule has 0 saturated carbocycles. The summed E-state index contributed by atoms with van der Waals surface area (Å²) >= 11 is 3.10. The predicted octanol–water partition coefficient (Wildman–Crippen LogP) is 8.30. The van der Waals surface area contributed by atoms with Crippen LogP contribution in [-0.4, -0.2) is 182 Å². The van der Waals surface area contributed by atoms with Gasteiger partial charge in [0, 0.05) is 52.3 Å². The fourth-order valence-corrected chi connectivity index (χ4v) is 16.7. The van der Waals surface area contributed by atoms with Crippen LogP contribution in [0.15, 0.2) is 48.5 Å². The van der Waals surface area contributed by atoms with Crippen molar-refractivity contribution in [3.8, 4) is 0 Å². The van der Waals surface area contributed by atoms with Gasteiger partial charge in [-0.1, -0.05) is 115 Å². The van der Waals surface area contributed by atoms with Gasteiger partial charge in [0.1, 0.15) is 41.9 Å². The first-order valence-electron chi connectivity index (χ1n) is 32.4. The zero-order valence-electron chi connectivity index (χ0n) is 55.3. The number of carbonyl (C=O) groups excluding carboxylic acids is 8. The van der Waals surface area contributed by atoms with E-state index in [0.717, 1.165) is 78.5 Å². The van der Waals surface area contributed by atoms with Crippen LogP contribution in [0.4, 0.5) is 9.59 Å². The Morgan fingerprint density at radius 1 is 0.656 bits per heavy atom. The van der Waals surface area contributed by atoms with Crippen molar-refractivity contribution in [1.82, 2.24) is 40.9 Å². The molecule has 2 aromatic carbocycles. The van der Waals surface area contributed by atoms with Crippen molar-refractivity contribution in [2.75, 3.05) is 45.4 Å². The summed E-state index contributed by atoms with van der Waals surface area (Å²) in [5, 5.41) is 23.3. The third kappa shape index (κ3) is 17.0. The van der Waals surface area contributed by atoms with E-state index in [2.05, 4.69) is 33.4 Å². The summed E-state index contributed by atoms with van der Waals surface area (Å²) in [6.07, 6.45) is 8.77. The average Bonchev–Trinajstić information content (AvgIpc) is 1.60. The topological polar surface area (TPSA) is 255 Å². The molecule has 4 aliphatic heterocycles. The van der Waals surface area contributed by atoms with E-state index < -0.39 is 106 Å².